The minimum absolute atomic E-state index is 0. The van der Waals surface area contributed by atoms with Gasteiger partial charge in [-0.3, -0.25) is 38.4 Å². The molecule has 0 aromatic heterocycles. The van der Waals surface area contributed by atoms with E-state index < -0.39 is 55.9 Å². The van der Waals surface area contributed by atoms with Gasteiger partial charge >= 0.3 is 47.8 Å². The van der Waals surface area contributed by atoms with E-state index in [-0.39, 0.29) is 145 Å². The van der Waals surface area contributed by atoms with Crippen LogP contribution in [0.2, 0.25) is 0 Å². The zero-order valence-corrected chi connectivity index (χ0v) is 80.5. The molecule has 0 spiro atoms. The van der Waals surface area contributed by atoms with Crippen molar-refractivity contribution in [2.75, 3.05) is 88.0 Å². The monoisotopic (exact) mass is 1780 g/mol. The zero-order chi connectivity index (χ0) is 90.6. The highest BCUT2D eigenvalue weighted by atomic mass is 16.7. The minimum atomic E-state index is -0.455. The van der Waals surface area contributed by atoms with Crippen LogP contribution < -0.4 is 0 Å². The van der Waals surface area contributed by atoms with Gasteiger partial charge in [-0.15, -0.1) is 0 Å². The van der Waals surface area contributed by atoms with E-state index in [0.717, 1.165) is 83.8 Å². The quantitative estimate of drug-likeness (QED) is 0.0180. The standard InChI is InChI=1S/C15H28O3.2C14H26O3.C13H24O3.2C10H20O3.C9H18O3.C8H16O3.6CH4/c1-5-14(2,3)13(16)18-12-17-11-15(4)9-7-6-8-10-15;1-4-14(2,3)13(15)17-11-16-10-12-8-6-5-7-9-12;1-4-14(2,3)13(15)17-11-16-12-9-7-5-6-8-10-12;1-4-13(2,3)12(14)16-10-15-9-11-7-5-6-8-11;1-6-10(4,5)9(11)13-8(3)12-7-2;1-5-7-12-8-13-9(11)10(3,4)6-2;1-6-9(3,4)8(10)12-7(2)11-5;1-5-8(2,3)7(9)11-6-10-4;;;;;;/h5-12H2,1-4H3;2*12H,4-11H2,1-3H3;11H,4-10H2,1-3H3;8H,6-7H2,1-5H3;5-8H2,1-4H3;7H,6H2,1-5H3;5-6H2,1-4H3;6*1H4. The smallest absolute Gasteiger partial charge is 0.313 e. The summed E-state index contributed by atoms with van der Waals surface area (Å²) < 4.78 is 82.0. The molecule has 0 bridgehead atoms. The molecule has 24 heteroatoms. The van der Waals surface area contributed by atoms with Crippen molar-refractivity contribution in [3.8, 4) is 0 Å². The minimum Gasteiger partial charge on any atom is -0.438 e. The summed E-state index contributed by atoms with van der Waals surface area (Å²) in [5.74, 6) is -0.111. The summed E-state index contributed by atoms with van der Waals surface area (Å²) in [7, 11) is 3.00. The molecule has 123 heavy (non-hydrogen) atoms. The number of hydrogen-bond acceptors (Lipinski definition) is 24. The van der Waals surface area contributed by atoms with Crippen LogP contribution in [0.15, 0.2) is 0 Å². The summed E-state index contributed by atoms with van der Waals surface area (Å²) in [4.78, 5) is 92.0. The van der Waals surface area contributed by atoms with Crippen LogP contribution in [-0.2, 0) is 114 Å². The molecular weight excluding hydrogens is 1570 g/mol. The second kappa shape index (κ2) is 76.3. The first kappa shape index (κ1) is 139. The van der Waals surface area contributed by atoms with E-state index in [0.29, 0.717) is 31.7 Å². The van der Waals surface area contributed by atoms with Crippen LogP contribution in [0.4, 0.5) is 0 Å². The summed E-state index contributed by atoms with van der Waals surface area (Å²) in [5.41, 5.74) is -2.91. The van der Waals surface area contributed by atoms with Crippen molar-refractivity contribution in [2.45, 2.75) is 450 Å². The van der Waals surface area contributed by atoms with Gasteiger partial charge in [-0.1, -0.05) is 191 Å². The van der Waals surface area contributed by atoms with Crippen molar-refractivity contribution in [1.29, 1.82) is 0 Å². The molecule has 0 aromatic carbocycles. The lowest BCUT2D eigenvalue weighted by Crippen LogP contribution is -2.30. The van der Waals surface area contributed by atoms with Crippen molar-refractivity contribution < 1.29 is 114 Å². The highest BCUT2D eigenvalue weighted by Crippen LogP contribution is 2.37. The first-order valence-corrected chi connectivity index (χ1v) is 44.5. The average molecular weight is 1780 g/mol. The van der Waals surface area contributed by atoms with Gasteiger partial charge in [0.25, 0.3) is 0 Å². The number of rotatable bonds is 42. The van der Waals surface area contributed by atoms with Gasteiger partial charge in [-0.05, 0) is 258 Å². The molecule has 0 aliphatic heterocycles. The fourth-order valence-electron chi connectivity index (χ4n) is 10.4. The normalized spacial score (nSPS) is 15.3. The van der Waals surface area contributed by atoms with Gasteiger partial charge < -0.3 is 75.8 Å². The van der Waals surface area contributed by atoms with Crippen LogP contribution >= 0.6 is 0 Å². The Labute approximate surface area is 757 Å². The van der Waals surface area contributed by atoms with Crippen LogP contribution in [0.25, 0.3) is 0 Å². The SMILES string of the molecule is C.C.C.C.C.C.CCC(C)(C)C(=O)OC(C)OC.CCC(C)(C)C(=O)OCOC.CCC(C)(C)C(=O)OCOC1CCCCCC1.CCC(C)(C)C(=O)OCOCC1(C)CCCCC1.CCC(C)(C)C(=O)OCOCC1CCCC1.CCC(C)(C)C(=O)OCOCC1CCCCC1.CCCOCOC(=O)C(C)(C)CC.CCOC(C)OC(=O)C(C)(C)CC. The lowest BCUT2D eigenvalue weighted by Gasteiger charge is -2.33. The van der Waals surface area contributed by atoms with E-state index in [4.69, 9.17) is 71.1 Å². The second-order valence-electron chi connectivity index (χ2n) is 36.9. The van der Waals surface area contributed by atoms with Gasteiger partial charge in [0, 0.05) is 20.8 Å². The third kappa shape index (κ3) is 67.3. The number of hydrogen-bond donors (Lipinski definition) is 0. The Morgan fingerprint density at radius 1 is 0.325 bits per heavy atom. The van der Waals surface area contributed by atoms with Crippen LogP contribution in [0.5, 0.6) is 0 Å². The number of methoxy groups -OCH3 is 2. The molecule has 2 unspecified atom stereocenters. The summed E-state index contributed by atoms with van der Waals surface area (Å²) >= 11 is 0. The van der Waals surface area contributed by atoms with E-state index >= 15 is 0 Å². The molecule has 0 saturated heterocycles. The summed E-state index contributed by atoms with van der Waals surface area (Å²) in [6, 6.07) is 0. The molecule has 0 amide bonds. The van der Waals surface area contributed by atoms with E-state index in [9.17, 15) is 38.4 Å². The third-order valence-electron chi connectivity index (χ3n) is 23.2. The highest BCUT2D eigenvalue weighted by Gasteiger charge is 2.35. The molecule has 24 nitrogen and oxygen atoms in total. The zero-order valence-electron chi connectivity index (χ0n) is 80.5. The Morgan fingerprint density at radius 2 is 0.585 bits per heavy atom. The Hall–Kier alpha value is -4.56. The van der Waals surface area contributed by atoms with Crippen LogP contribution in [-0.4, -0.2) is 154 Å². The van der Waals surface area contributed by atoms with Crippen molar-refractivity contribution in [1.82, 2.24) is 0 Å². The van der Waals surface area contributed by atoms with Gasteiger partial charge in [0.05, 0.1) is 75.9 Å². The van der Waals surface area contributed by atoms with E-state index in [1.807, 2.05) is 180 Å². The lowest BCUT2D eigenvalue weighted by atomic mass is 9.76. The molecule has 4 fully saturated rings. The number of ether oxygens (including phenoxy) is 16. The predicted molar refractivity (Wildman–Crippen MR) is 502 cm³/mol. The fourth-order valence-corrected chi connectivity index (χ4v) is 10.4. The molecule has 0 heterocycles. The predicted octanol–water partition coefficient (Wildman–Crippen LogP) is 26.3. The first-order valence-electron chi connectivity index (χ1n) is 44.5. The molecule has 4 saturated carbocycles. The molecule has 2 atom stereocenters. The Bertz CT molecular complexity index is 2570. The fraction of sp³-hybridized carbons (Fsp3) is 0.919. The van der Waals surface area contributed by atoms with Crippen molar-refractivity contribution in [2.24, 2.45) is 60.6 Å². The third-order valence-corrected chi connectivity index (χ3v) is 23.2. The van der Waals surface area contributed by atoms with Crippen LogP contribution in [0.1, 0.15) is 432 Å². The molecule has 0 aromatic rings. The number of esters is 8. The topological polar surface area (TPSA) is 284 Å². The number of carbonyl (C=O) groups excluding carboxylic acids is 8. The molecule has 4 aliphatic carbocycles. The van der Waals surface area contributed by atoms with E-state index in [1.54, 1.807) is 13.8 Å². The molecule has 4 aliphatic rings. The van der Waals surface area contributed by atoms with Gasteiger partial charge in [-0.25, -0.2) is 0 Å². The van der Waals surface area contributed by atoms with Gasteiger partial charge in [0.2, 0.25) is 0 Å². The maximum atomic E-state index is 11.7. The van der Waals surface area contributed by atoms with E-state index in [1.165, 1.54) is 130 Å². The number of carbonyl (C=O) groups is 8. The second-order valence-corrected chi connectivity index (χ2v) is 36.9. The highest BCUT2D eigenvalue weighted by molar-refractivity contribution is 5.78. The summed E-state index contributed by atoms with van der Waals surface area (Å²) in [5, 5.41) is 0. The van der Waals surface area contributed by atoms with Gasteiger partial charge in [0.1, 0.15) is 0 Å². The van der Waals surface area contributed by atoms with Crippen LogP contribution in [0, 0.1) is 60.6 Å². The largest absolute Gasteiger partial charge is 0.438 e. The van der Waals surface area contributed by atoms with Crippen molar-refractivity contribution >= 4 is 47.8 Å². The maximum Gasteiger partial charge on any atom is 0.313 e. The lowest BCUT2D eigenvalue weighted by molar-refractivity contribution is -0.184. The molecule has 4 rings (SSSR count). The summed E-state index contributed by atoms with van der Waals surface area (Å²) in [6.07, 6.45) is 31.9. The summed E-state index contributed by atoms with van der Waals surface area (Å²) in [6.45, 7) is 59.4. The Morgan fingerprint density at radius 3 is 0.886 bits per heavy atom. The molecule has 0 N–H and O–H groups in total. The maximum absolute atomic E-state index is 11.7. The van der Waals surface area contributed by atoms with Crippen LogP contribution in [0.3, 0.4) is 0 Å². The molecule has 0 radical (unpaired) electrons. The molecule has 742 valence electrons. The van der Waals surface area contributed by atoms with Gasteiger partial charge in [-0.2, -0.15) is 0 Å². The van der Waals surface area contributed by atoms with Crippen molar-refractivity contribution in [3.05, 3.63) is 0 Å². The Kier molecular flexibility index (Phi) is 86.2. The molecular formula is C99H202O24. The van der Waals surface area contributed by atoms with Crippen molar-refractivity contribution in [3.63, 3.8) is 0 Å². The Balaban J connectivity index is -0.000000148. The van der Waals surface area contributed by atoms with Gasteiger partial charge in [0.15, 0.2) is 53.3 Å². The first-order chi connectivity index (χ1) is 54.5. The van der Waals surface area contributed by atoms with E-state index in [2.05, 4.69) is 11.7 Å². The average Bonchev–Trinajstić information content (AvgIpc) is 1.00.